The van der Waals surface area contributed by atoms with E-state index in [1.54, 1.807) is 18.2 Å². The van der Waals surface area contributed by atoms with Crippen LogP contribution in [0.5, 0.6) is 5.75 Å². The van der Waals surface area contributed by atoms with Crippen LogP contribution in [0.15, 0.2) is 18.2 Å². The summed E-state index contributed by atoms with van der Waals surface area (Å²) in [5, 5.41) is 3.38. The van der Waals surface area contributed by atoms with Gasteiger partial charge in [0.2, 0.25) is 0 Å². The Bertz CT molecular complexity index is 315. The number of nitrogens with one attached hydrogen (secondary N) is 1. The lowest BCUT2D eigenvalue weighted by atomic mass is 10.2. The molecule has 1 aromatic carbocycles. The van der Waals surface area contributed by atoms with Crippen LogP contribution in [0.3, 0.4) is 0 Å². The molecule has 0 bridgehead atoms. The molecule has 14 heavy (non-hydrogen) atoms. The van der Waals surface area contributed by atoms with Crippen LogP contribution in [0.25, 0.3) is 0 Å². The molecule has 76 valence electrons. The van der Waals surface area contributed by atoms with Gasteiger partial charge in [-0.25, -0.2) is 0 Å². The number of aldehydes is 1. The highest BCUT2D eigenvalue weighted by Gasteiger charge is 2.00. The molecular weight excluding hydrogens is 202 g/mol. The standard InChI is InChI=1S/C10H12ClNO2/c1-12-4-5-14-9-3-2-8(7-13)10(11)6-9/h2-3,6-7,12H,4-5H2,1H3. The number of carbonyl (C=O) groups is 1. The zero-order chi connectivity index (χ0) is 10.4. The molecule has 0 spiro atoms. The number of rotatable bonds is 5. The second kappa shape index (κ2) is 5.62. The van der Waals surface area contributed by atoms with E-state index < -0.39 is 0 Å². The molecule has 0 fully saturated rings. The second-order valence-electron chi connectivity index (χ2n) is 2.75. The first-order valence-electron chi connectivity index (χ1n) is 4.30. The molecule has 0 saturated carbocycles. The Labute approximate surface area is 88.0 Å². The summed E-state index contributed by atoms with van der Waals surface area (Å²) in [6.07, 6.45) is 0.722. The van der Waals surface area contributed by atoms with Gasteiger partial charge >= 0.3 is 0 Å². The second-order valence-corrected chi connectivity index (χ2v) is 3.16. The fourth-order valence-electron chi connectivity index (χ4n) is 0.964. The Morgan fingerprint density at radius 1 is 1.57 bits per heavy atom. The topological polar surface area (TPSA) is 38.3 Å². The van der Waals surface area contributed by atoms with E-state index in [9.17, 15) is 4.79 Å². The first-order chi connectivity index (χ1) is 6.77. The van der Waals surface area contributed by atoms with E-state index in [1.165, 1.54) is 0 Å². The minimum Gasteiger partial charge on any atom is -0.492 e. The number of carbonyl (C=O) groups excluding carboxylic acids is 1. The minimum atomic E-state index is 0.418. The van der Waals surface area contributed by atoms with Crippen LogP contribution in [0.1, 0.15) is 10.4 Å². The van der Waals surface area contributed by atoms with Gasteiger partial charge in [-0.2, -0.15) is 0 Å². The molecule has 4 heteroatoms. The molecule has 1 rings (SSSR count). The third kappa shape index (κ3) is 3.01. The molecule has 0 unspecified atom stereocenters. The molecule has 0 aliphatic rings. The molecule has 1 aromatic rings. The number of halogens is 1. The van der Waals surface area contributed by atoms with Crippen molar-refractivity contribution in [2.24, 2.45) is 0 Å². The highest BCUT2D eigenvalue weighted by atomic mass is 35.5. The maximum atomic E-state index is 10.5. The van der Waals surface area contributed by atoms with Crippen molar-refractivity contribution in [3.63, 3.8) is 0 Å². The lowest BCUT2D eigenvalue weighted by Crippen LogP contribution is -2.15. The van der Waals surface area contributed by atoms with Crippen LogP contribution in [0.2, 0.25) is 5.02 Å². The van der Waals surface area contributed by atoms with Crippen LogP contribution in [-0.4, -0.2) is 26.5 Å². The average Bonchev–Trinajstić information content (AvgIpc) is 2.18. The number of hydrogen-bond acceptors (Lipinski definition) is 3. The largest absolute Gasteiger partial charge is 0.492 e. The smallest absolute Gasteiger partial charge is 0.151 e. The SMILES string of the molecule is CNCCOc1ccc(C=O)c(Cl)c1. The minimum absolute atomic E-state index is 0.418. The highest BCUT2D eigenvalue weighted by molar-refractivity contribution is 6.33. The molecule has 0 atom stereocenters. The lowest BCUT2D eigenvalue weighted by molar-refractivity contribution is 0.112. The van der Waals surface area contributed by atoms with E-state index in [0.717, 1.165) is 12.8 Å². The van der Waals surface area contributed by atoms with Gasteiger partial charge in [0.05, 0.1) is 5.02 Å². The summed E-state index contributed by atoms with van der Waals surface area (Å²) in [4.78, 5) is 10.5. The van der Waals surface area contributed by atoms with Crippen LogP contribution in [-0.2, 0) is 0 Å². The van der Waals surface area contributed by atoms with Crippen molar-refractivity contribution < 1.29 is 9.53 Å². The van der Waals surface area contributed by atoms with Crippen molar-refractivity contribution in [3.8, 4) is 5.75 Å². The molecular formula is C10H12ClNO2. The summed E-state index contributed by atoms with van der Waals surface area (Å²) in [6.45, 7) is 1.35. The average molecular weight is 214 g/mol. The van der Waals surface area contributed by atoms with Crippen LogP contribution in [0, 0.1) is 0 Å². The van der Waals surface area contributed by atoms with E-state index in [1.807, 2.05) is 7.05 Å². The molecule has 0 radical (unpaired) electrons. The van der Waals surface area contributed by atoms with E-state index in [2.05, 4.69) is 5.32 Å². The predicted octanol–water partition coefficient (Wildman–Crippen LogP) is 1.75. The fraction of sp³-hybridized carbons (Fsp3) is 0.300. The van der Waals surface area contributed by atoms with Gasteiger partial charge in [0, 0.05) is 12.1 Å². The van der Waals surface area contributed by atoms with E-state index in [0.29, 0.717) is 22.9 Å². The Hall–Kier alpha value is -1.06. The number of ether oxygens (including phenoxy) is 1. The third-order valence-electron chi connectivity index (χ3n) is 1.72. The summed E-state index contributed by atoms with van der Waals surface area (Å²) >= 11 is 5.82. The van der Waals surface area contributed by atoms with Crippen molar-refractivity contribution >= 4 is 17.9 Å². The molecule has 0 aromatic heterocycles. The Kier molecular flexibility index (Phi) is 4.43. The van der Waals surface area contributed by atoms with Crippen molar-refractivity contribution in [1.29, 1.82) is 0 Å². The van der Waals surface area contributed by atoms with E-state index >= 15 is 0 Å². The number of hydrogen-bond donors (Lipinski definition) is 1. The van der Waals surface area contributed by atoms with Gasteiger partial charge in [0.25, 0.3) is 0 Å². The maximum absolute atomic E-state index is 10.5. The molecule has 0 amide bonds. The van der Waals surface area contributed by atoms with Gasteiger partial charge in [-0.3, -0.25) is 4.79 Å². The maximum Gasteiger partial charge on any atom is 0.151 e. The Morgan fingerprint density at radius 3 is 2.93 bits per heavy atom. The van der Waals surface area contributed by atoms with Gasteiger partial charge in [0.15, 0.2) is 6.29 Å². The number of benzene rings is 1. The monoisotopic (exact) mass is 213 g/mol. The Morgan fingerprint density at radius 2 is 2.36 bits per heavy atom. The van der Waals surface area contributed by atoms with Gasteiger partial charge in [0.1, 0.15) is 12.4 Å². The molecule has 1 N–H and O–H groups in total. The normalized spacial score (nSPS) is 9.86. The molecule has 0 saturated heterocycles. The Balaban J connectivity index is 2.62. The molecule has 0 aliphatic carbocycles. The lowest BCUT2D eigenvalue weighted by Gasteiger charge is -2.06. The van der Waals surface area contributed by atoms with Crippen LogP contribution >= 0.6 is 11.6 Å². The van der Waals surface area contributed by atoms with Gasteiger partial charge in [-0.1, -0.05) is 11.6 Å². The fourth-order valence-corrected chi connectivity index (χ4v) is 1.18. The van der Waals surface area contributed by atoms with E-state index in [4.69, 9.17) is 16.3 Å². The van der Waals surface area contributed by atoms with Crippen LogP contribution < -0.4 is 10.1 Å². The highest BCUT2D eigenvalue weighted by Crippen LogP contribution is 2.20. The predicted molar refractivity (Wildman–Crippen MR) is 56.3 cm³/mol. The zero-order valence-electron chi connectivity index (χ0n) is 7.92. The van der Waals surface area contributed by atoms with Crippen molar-refractivity contribution in [1.82, 2.24) is 5.32 Å². The third-order valence-corrected chi connectivity index (χ3v) is 2.05. The van der Waals surface area contributed by atoms with Gasteiger partial charge in [-0.15, -0.1) is 0 Å². The van der Waals surface area contributed by atoms with Crippen molar-refractivity contribution in [3.05, 3.63) is 28.8 Å². The zero-order valence-corrected chi connectivity index (χ0v) is 8.67. The van der Waals surface area contributed by atoms with Crippen LogP contribution in [0.4, 0.5) is 0 Å². The van der Waals surface area contributed by atoms with Crippen molar-refractivity contribution in [2.45, 2.75) is 0 Å². The summed E-state index contributed by atoms with van der Waals surface area (Å²) in [5.41, 5.74) is 0.479. The first kappa shape index (κ1) is 11.0. The quantitative estimate of drug-likeness (QED) is 0.598. The van der Waals surface area contributed by atoms with Gasteiger partial charge in [-0.05, 0) is 25.2 Å². The summed E-state index contributed by atoms with van der Waals surface area (Å²) in [6, 6.07) is 5.01. The summed E-state index contributed by atoms with van der Waals surface area (Å²) < 4.78 is 5.36. The number of likely N-dealkylation sites (N-methyl/N-ethyl adjacent to an activating group) is 1. The van der Waals surface area contributed by atoms with Gasteiger partial charge < -0.3 is 10.1 Å². The molecule has 3 nitrogen and oxygen atoms in total. The molecule has 0 aliphatic heterocycles. The summed E-state index contributed by atoms with van der Waals surface area (Å²) in [5.74, 6) is 0.677. The molecule has 0 heterocycles. The van der Waals surface area contributed by atoms with Crippen molar-refractivity contribution in [2.75, 3.05) is 20.2 Å². The van der Waals surface area contributed by atoms with E-state index in [-0.39, 0.29) is 0 Å². The first-order valence-corrected chi connectivity index (χ1v) is 4.68. The summed E-state index contributed by atoms with van der Waals surface area (Å²) in [7, 11) is 1.85.